The molecule has 0 atom stereocenters. The number of hydrogen-bond acceptors (Lipinski definition) is 4. The van der Waals surface area contributed by atoms with Crippen LogP contribution >= 0.6 is 0 Å². The van der Waals surface area contributed by atoms with E-state index in [2.05, 4.69) is 5.32 Å². The number of aromatic carboxylic acids is 1. The molecule has 0 aliphatic heterocycles. The molecule has 0 radical (unpaired) electrons. The predicted molar refractivity (Wildman–Crippen MR) is 88.4 cm³/mol. The lowest BCUT2D eigenvalue weighted by atomic mass is 10.1. The van der Waals surface area contributed by atoms with Crippen molar-refractivity contribution in [2.24, 2.45) is 0 Å². The van der Waals surface area contributed by atoms with Gasteiger partial charge in [0, 0.05) is 6.54 Å². The molecule has 0 aromatic heterocycles. The minimum atomic E-state index is -0.905. The van der Waals surface area contributed by atoms with Crippen LogP contribution in [0, 0.1) is 0 Å². The van der Waals surface area contributed by atoms with Crippen LogP contribution in [0.3, 0.4) is 0 Å². The third-order valence-corrected chi connectivity index (χ3v) is 3.54. The van der Waals surface area contributed by atoms with Gasteiger partial charge in [-0.25, -0.2) is 4.79 Å². The number of hydrogen-bond donors (Lipinski definition) is 2. The van der Waals surface area contributed by atoms with Crippen LogP contribution in [-0.2, 0) is 13.0 Å². The standard InChI is InChI=1S/C18H21NO4/c1-22-16-7-6-13(11-17(16)23-2)8-9-19-12-14-4-3-5-15(10-14)18(20)21/h3-7,10-11,19H,8-9,12H2,1-2H3,(H,20,21). The molecular weight excluding hydrogens is 294 g/mol. The normalized spacial score (nSPS) is 10.3. The number of ether oxygens (including phenoxy) is 2. The average Bonchev–Trinajstić information content (AvgIpc) is 2.58. The molecule has 5 nitrogen and oxygen atoms in total. The summed E-state index contributed by atoms with van der Waals surface area (Å²) in [4.78, 5) is 10.9. The molecule has 2 aromatic rings. The zero-order chi connectivity index (χ0) is 16.7. The Balaban J connectivity index is 1.86. The van der Waals surface area contributed by atoms with Gasteiger partial charge in [-0.1, -0.05) is 18.2 Å². The fraction of sp³-hybridized carbons (Fsp3) is 0.278. The van der Waals surface area contributed by atoms with E-state index in [1.165, 1.54) is 0 Å². The second-order valence-corrected chi connectivity index (χ2v) is 5.12. The summed E-state index contributed by atoms with van der Waals surface area (Å²) in [7, 11) is 3.24. The molecule has 23 heavy (non-hydrogen) atoms. The minimum Gasteiger partial charge on any atom is -0.493 e. The summed E-state index contributed by atoms with van der Waals surface area (Å²) >= 11 is 0. The highest BCUT2D eigenvalue weighted by Gasteiger charge is 2.05. The first kappa shape index (κ1) is 16.8. The Bertz CT molecular complexity index is 670. The van der Waals surface area contributed by atoms with Crippen LogP contribution < -0.4 is 14.8 Å². The van der Waals surface area contributed by atoms with E-state index in [4.69, 9.17) is 14.6 Å². The van der Waals surface area contributed by atoms with Crippen molar-refractivity contribution in [2.45, 2.75) is 13.0 Å². The average molecular weight is 315 g/mol. The zero-order valence-electron chi connectivity index (χ0n) is 13.3. The Labute approximate surface area is 135 Å². The summed E-state index contributed by atoms with van der Waals surface area (Å²) in [6, 6.07) is 12.8. The van der Waals surface area contributed by atoms with Gasteiger partial charge < -0.3 is 19.9 Å². The second kappa shape index (κ2) is 8.19. The van der Waals surface area contributed by atoms with E-state index in [1.54, 1.807) is 32.4 Å². The number of benzene rings is 2. The summed E-state index contributed by atoms with van der Waals surface area (Å²) in [5.41, 5.74) is 2.41. The van der Waals surface area contributed by atoms with E-state index >= 15 is 0 Å². The van der Waals surface area contributed by atoms with Gasteiger partial charge in [-0.15, -0.1) is 0 Å². The SMILES string of the molecule is COc1ccc(CCNCc2cccc(C(=O)O)c2)cc1OC. The van der Waals surface area contributed by atoms with Gasteiger partial charge in [-0.2, -0.15) is 0 Å². The smallest absolute Gasteiger partial charge is 0.335 e. The van der Waals surface area contributed by atoms with Gasteiger partial charge >= 0.3 is 5.97 Å². The Morgan fingerprint density at radius 2 is 1.83 bits per heavy atom. The van der Waals surface area contributed by atoms with E-state index in [1.807, 2.05) is 24.3 Å². The zero-order valence-corrected chi connectivity index (χ0v) is 13.3. The first-order valence-corrected chi connectivity index (χ1v) is 7.38. The van der Waals surface area contributed by atoms with Crippen LogP contribution in [0.5, 0.6) is 11.5 Å². The number of carbonyl (C=O) groups is 1. The third kappa shape index (κ3) is 4.72. The van der Waals surface area contributed by atoms with Gasteiger partial charge in [-0.3, -0.25) is 0 Å². The van der Waals surface area contributed by atoms with Gasteiger partial charge in [0.25, 0.3) is 0 Å². The van der Waals surface area contributed by atoms with Crippen LogP contribution in [0.1, 0.15) is 21.5 Å². The van der Waals surface area contributed by atoms with Gasteiger partial charge in [-0.05, 0) is 48.4 Å². The van der Waals surface area contributed by atoms with Crippen LogP contribution in [0.2, 0.25) is 0 Å². The Morgan fingerprint density at radius 1 is 1.04 bits per heavy atom. The molecule has 2 N–H and O–H groups in total. The summed E-state index contributed by atoms with van der Waals surface area (Å²) in [6.45, 7) is 1.42. The van der Waals surface area contributed by atoms with Crippen molar-refractivity contribution in [1.82, 2.24) is 5.32 Å². The second-order valence-electron chi connectivity index (χ2n) is 5.12. The van der Waals surface area contributed by atoms with E-state index in [-0.39, 0.29) is 0 Å². The predicted octanol–water partition coefficient (Wildman–Crippen LogP) is 2.73. The van der Waals surface area contributed by atoms with Crippen molar-refractivity contribution in [3.05, 3.63) is 59.2 Å². The maximum Gasteiger partial charge on any atom is 0.335 e. The molecule has 0 heterocycles. The fourth-order valence-electron chi connectivity index (χ4n) is 2.32. The number of carboxylic acids is 1. The molecule has 0 aliphatic carbocycles. The van der Waals surface area contributed by atoms with Gasteiger partial charge in [0.1, 0.15) is 0 Å². The minimum absolute atomic E-state index is 0.309. The van der Waals surface area contributed by atoms with Crippen LogP contribution in [0.4, 0.5) is 0 Å². The van der Waals surface area contributed by atoms with Gasteiger partial charge in [0.2, 0.25) is 0 Å². The van der Waals surface area contributed by atoms with Crippen LogP contribution in [-0.4, -0.2) is 31.8 Å². The molecule has 5 heteroatoms. The lowest BCUT2D eigenvalue weighted by molar-refractivity contribution is 0.0696. The maximum absolute atomic E-state index is 10.9. The molecule has 0 aliphatic rings. The quantitative estimate of drug-likeness (QED) is 0.733. The van der Waals surface area contributed by atoms with E-state index in [9.17, 15) is 4.79 Å². The Hall–Kier alpha value is -2.53. The Morgan fingerprint density at radius 3 is 2.52 bits per heavy atom. The first-order valence-electron chi connectivity index (χ1n) is 7.38. The number of carboxylic acid groups (broad SMARTS) is 1. The lowest BCUT2D eigenvalue weighted by Crippen LogP contribution is -2.17. The summed E-state index contributed by atoms with van der Waals surface area (Å²) in [6.07, 6.45) is 0.846. The molecule has 0 fully saturated rings. The summed E-state index contributed by atoms with van der Waals surface area (Å²) in [5, 5.41) is 12.3. The van der Waals surface area contributed by atoms with Crippen molar-refractivity contribution < 1.29 is 19.4 Å². The van der Waals surface area contributed by atoms with Crippen molar-refractivity contribution in [3.63, 3.8) is 0 Å². The molecule has 122 valence electrons. The molecule has 0 unspecified atom stereocenters. The van der Waals surface area contributed by atoms with Crippen LogP contribution in [0.15, 0.2) is 42.5 Å². The maximum atomic E-state index is 10.9. The first-order chi connectivity index (χ1) is 11.1. The monoisotopic (exact) mass is 315 g/mol. The van der Waals surface area contributed by atoms with E-state index < -0.39 is 5.97 Å². The lowest BCUT2D eigenvalue weighted by Gasteiger charge is -2.10. The molecule has 0 saturated heterocycles. The summed E-state index contributed by atoms with van der Waals surface area (Å²) in [5.74, 6) is 0.533. The molecule has 0 spiro atoms. The molecule has 0 saturated carbocycles. The fourth-order valence-corrected chi connectivity index (χ4v) is 2.32. The topological polar surface area (TPSA) is 67.8 Å². The van der Waals surface area contributed by atoms with Crippen molar-refractivity contribution in [1.29, 1.82) is 0 Å². The van der Waals surface area contributed by atoms with Crippen molar-refractivity contribution in [3.8, 4) is 11.5 Å². The summed E-state index contributed by atoms with van der Waals surface area (Å²) < 4.78 is 10.5. The van der Waals surface area contributed by atoms with E-state index in [0.29, 0.717) is 12.1 Å². The molecule has 0 amide bonds. The number of methoxy groups -OCH3 is 2. The largest absolute Gasteiger partial charge is 0.493 e. The molecule has 2 aromatic carbocycles. The Kier molecular flexibility index (Phi) is 6.00. The molecular formula is C18H21NO4. The third-order valence-electron chi connectivity index (χ3n) is 3.54. The highest BCUT2D eigenvalue weighted by Crippen LogP contribution is 2.27. The van der Waals surface area contributed by atoms with Crippen molar-refractivity contribution >= 4 is 5.97 Å². The highest BCUT2D eigenvalue weighted by molar-refractivity contribution is 5.87. The van der Waals surface area contributed by atoms with Crippen LogP contribution in [0.25, 0.3) is 0 Å². The molecule has 2 rings (SSSR count). The number of nitrogens with one attached hydrogen (secondary N) is 1. The van der Waals surface area contributed by atoms with Crippen molar-refractivity contribution in [2.75, 3.05) is 20.8 Å². The molecule has 0 bridgehead atoms. The number of rotatable bonds is 8. The highest BCUT2D eigenvalue weighted by atomic mass is 16.5. The van der Waals surface area contributed by atoms with E-state index in [0.717, 1.165) is 35.6 Å². The van der Waals surface area contributed by atoms with Gasteiger partial charge in [0.15, 0.2) is 11.5 Å². The van der Waals surface area contributed by atoms with Gasteiger partial charge in [0.05, 0.1) is 19.8 Å².